The summed E-state index contributed by atoms with van der Waals surface area (Å²) in [5.74, 6) is -2.81. The zero-order chi connectivity index (χ0) is 28.7. The number of amides is 2. The van der Waals surface area contributed by atoms with Crippen molar-refractivity contribution in [1.29, 1.82) is 0 Å². The minimum atomic E-state index is -1.15. The van der Waals surface area contributed by atoms with Crippen molar-refractivity contribution in [3.8, 4) is 5.00 Å². The van der Waals surface area contributed by atoms with Gasteiger partial charge in [-0.15, -0.1) is 11.3 Å². The molecule has 40 heavy (non-hydrogen) atoms. The van der Waals surface area contributed by atoms with E-state index in [-0.39, 0.29) is 34.5 Å². The first-order valence-corrected chi connectivity index (χ1v) is 14.1. The molecule has 2 N–H and O–H groups in total. The number of aromatic nitrogens is 1. The van der Waals surface area contributed by atoms with Gasteiger partial charge in [-0.25, -0.2) is 9.59 Å². The highest BCUT2D eigenvalue weighted by molar-refractivity contribution is 7.80. The number of hydrogen-bond donors (Lipinski definition) is 2. The Hall–Kier alpha value is -4.09. The van der Waals surface area contributed by atoms with Crippen LogP contribution in [0, 0.1) is 13.8 Å². The Bertz CT molecular complexity index is 1630. The number of rotatable bonds is 6. The second kappa shape index (κ2) is 10.8. The molecule has 0 atom stereocenters. The number of nitrogens with one attached hydrogen (secondary N) is 1. The lowest BCUT2D eigenvalue weighted by molar-refractivity contribution is -0.122. The average Bonchev–Trinajstić information content (AvgIpc) is 3.42. The third-order valence-electron chi connectivity index (χ3n) is 7.06. The summed E-state index contributed by atoms with van der Waals surface area (Å²) in [5.41, 5.74) is 3.91. The van der Waals surface area contributed by atoms with Crippen molar-refractivity contribution in [2.45, 2.75) is 46.5 Å². The molecule has 0 spiro atoms. The van der Waals surface area contributed by atoms with E-state index in [2.05, 4.69) is 5.32 Å². The SMILES string of the molecule is CCOC(=O)c1c(-n2c(C)cc(/C=C3/C(=O)NC(=S)N(c4cccc(C(=O)O)c4)C3=O)c2C)sc2c1CCCC2. The molecule has 0 saturated carbocycles. The Balaban J connectivity index is 1.58. The Morgan fingerprint density at radius 2 is 1.93 bits per heavy atom. The number of ether oxygens (including phenoxy) is 1. The number of thiocarbonyl (C=S) groups is 1. The maximum Gasteiger partial charge on any atom is 0.341 e. The summed E-state index contributed by atoms with van der Waals surface area (Å²) < 4.78 is 7.41. The predicted octanol–water partition coefficient (Wildman–Crippen LogP) is 4.74. The minimum absolute atomic E-state index is 0.0184. The topological polar surface area (TPSA) is 118 Å². The van der Waals surface area contributed by atoms with Gasteiger partial charge in [0, 0.05) is 16.3 Å². The van der Waals surface area contributed by atoms with E-state index in [1.807, 2.05) is 24.5 Å². The Morgan fingerprint density at radius 1 is 1.18 bits per heavy atom. The number of hydrogen-bond acceptors (Lipinski definition) is 7. The van der Waals surface area contributed by atoms with Gasteiger partial charge in [0.15, 0.2) is 5.11 Å². The number of carbonyl (C=O) groups is 4. The summed E-state index contributed by atoms with van der Waals surface area (Å²) >= 11 is 6.84. The largest absolute Gasteiger partial charge is 0.478 e. The van der Waals surface area contributed by atoms with Crippen molar-refractivity contribution in [2.75, 3.05) is 11.5 Å². The molecule has 1 aliphatic carbocycles. The summed E-state index contributed by atoms with van der Waals surface area (Å²) in [6, 6.07) is 7.64. The van der Waals surface area contributed by atoms with Crippen LogP contribution in [0.4, 0.5) is 5.69 Å². The number of carboxylic acids is 1. The minimum Gasteiger partial charge on any atom is -0.478 e. The van der Waals surface area contributed by atoms with Gasteiger partial charge in [-0.2, -0.15) is 0 Å². The molecule has 3 heterocycles. The van der Waals surface area contributed by atoms with E-state index in [1.54, 1.807) is 24.3 Å². The number of nitrogens with zero attached hydrogens (tertiary/aromatic N) is 2. The maximum absolute atomic E-state index is 13.5. The predicted molar refractivity (Wildman–Crippen MR) is 155 cm³/mol. The van der Waals surface area contributed by atoms with Crippen LogP contribution in [0.25, 0.3) is 11.1 Å². The molecular formula is C29H27N3O6S2. The summed E-state index contributed by atoms with van der Waals surface area (Å²) in [4.78, 5) is 53.3. The lowest BCUT2D eigenvalue weighted by atomic mass is 9.95. The van der Waals surface area contributed by atoms with Crippen LogP contribution in [0.5, 0.6) is 0 Å². The number of aryl methyl sites for hydroxylation is 2. The van der Waals surface area contributed by atoms with E-state index in [4.69, 9.17) is 17.0 Å². The van der Waals surface area contributed by atoms with Crippen LogP contribution in [-0.4, -0.2) is 45.1 Å². The number of benzene rings is 1. The molecule has 206 valence electrons. The zero-order valence-corrected chi connectivity index (χ0v) is 23.8. The van der Waals surface area contributed by atoms with Crippen molar-refractivity contribution in [3.05, 3.63) is 74.4 Å². The van der Waals surface area contributed by atoms with Gasteiger partial charge in [0.25, 0.3) is 11.8 Å². The summed E-state index contributed by atoms with van der Waals surface area (Å²) in [6.07, 6.45) is 5.33. The second-order valence-corrected chi connectivity index (χ2v) is 11.1. The van der Waals surface area contributed by atoms with Crippen LogP contribution >= 0.6 is 23.6 Å². The molecule has 2 aliphatic rings. The molecule has 0 unspecified atom stereocenters. The molecule has 1 fully saturated rings. The number of anilines is 1. The smallest absolute Gasteiger partial charge is 0.341 e. The van der Waals surface area contributed by atoms with Gasteiger partial charge in [0.2, 0.25) is 0 Å². The number of aromatic carboxylic acids is 1. The van der Waals surface area contributed by atoms with E-state index < -0.39 is 17.8 Å². The van der Waals surface area contributed by atoms with Gasteiger partial charge in [0.05, 0.1) is 23.4 Å². The standard InChI is InChI=1S/C29H27N3O6S2/c1-4-38-28(37)23-20-10-5-6-11-22(20)40-26(23)31-15(2)12-18(16(31)3)14-21-24(33)30-29(39)32(25(21)34)19-9-7-8-17(13-19)27(35)36/h7-9,12-14H,4-6,10-11H2,1-3H3,(H,35,36)(H,30,33,39)/b21-14-. The Labute approximate surface area is 240 Å². The lowest BCUT2D eigenvalue weighted by Gasteiger charge is -2.29. The molecule has 2 aromatic heterocycles. The number of fused-ring (bicyclic) bond motifs is 1. The van der Waals surface area contributed by atoms with Gasteiger partial charge >= 0.3 is 11.9 Å². The van der Waals surface area contributed by atoms with Crippen LogP contribution in [0.1, 0.15) is 67.9 Å². The fourth-order valence-electron chi connectivity index (χ4n) is 5.19. The number of esters is 1. The molecule has 1 aromatic carbocycles. The van der Waals surface area contributed by atoms with Crippen LogP contribution in [0.2, 0.25) is 0 Å². The van der Waals surface area contributed by atoms with Crippen LogP contribution in [-0.2, 0) is 27.2 Å². The maximum atomic E-state index is 13.5. The Morgan fingerprint density at radius 3 is 2.65 bits per heavy atom. The molecular weight excluding hydrogens is 550 g/mol. The number of thiophene rings is 1. The normalized spacial score (nSPS) is 16.2. The molecule has 1 saturated heterocycles. The van der Waals surface area contributed by atoms with Gasteiger partial charge in [0.1, 0.15) is 10.6 Å². The van der Waals surface area contributed by atoms with Crippen molar-refractivity contribution in [2.24, 2.45) is 0 Å². The number of carbonyl (C=O) groups excluding carboxylic acids is 3. The van der Waals surface area contributed by atoms with E-state index in [9.17, 15) is 24.3 Å². The van der Waals surface area contributed by atoms with Gasteiger partial charge in [-0.1, -0.05) is 6.07 Å². The van der Waals surface area contributed by atoms with Crippen molar-refractivity contribution >= 4 is 64.2 Å². The van der Waals surface area contributed by atoms with Gasteiger partial charge in [-0.05, 0) is 100 Å². The third-order valence-corrected chi connectivity index (χ3v) is 8.62. The molecule has 0 radical (unpaired) electrons. The molecule has 5 rings (SSSR count). The van der Waals surface area contributed by atoms with E-state index in [0.29, 0.717) is 11.1 Å². The number of carboxylic acid groups (broad SMARTS) is 1. The average molecular weight is 578 g/mol. The van der Waals surface area contributed by atoms with Crippen LogP contribution in [0.3, 0.4) is 0 Å². The lowest BCUT2D eigenvalue weighted by Crippen LogP contribution is -2.54. The molecule has 0 bridgehead atoms. The molecule has 9 nitrogen and oxygen atoms in total. The first kappa shape index (κ1) is 27.5. The summed E-state index contributed by atoms with van der Waals surface area (Å²) in [6.45, 7) is 5.84. The first-order chi connectivity index (χ1) is 19.1. The second-order valence-electron chi connectivity index (χ2n) is 9.59. The van der Waals surface area contributed by atoms with Crippen molar-refractivity contribution in [1.82, 2.24) is 9.88 Å². The summed E-state index contributed by atoms with van der Waals surface area (Å²) in [5, 5.41) is 12.5. The fraction of sp³-hybridized carbons (Fsp3) is 0.276. The molecule has 1 aliphatic heterocycles. The van der Waals surface area contributed by atoms with E-state index in [1.165, 1.54) is 29.2 Å². The van der Waals surface area contributed by atoms with Gasteiger partial charge in [-0.3, -0.25) is 19.8 Å². The van der Waals surface area contributed by atoms with E-state index >= 15 is 0 Å². The quantitative estimate of drug-likeness (QED) is 0.188. The zero-order valence-electron chi connectivity index (χ0n) is 22.2. The van der Waals surface area contributed by atoms with Crippen molar-refractivity contribution < 1.29 is 29.0 Å². The third kappa shape index (κ3) is 4.75. The highest BCUT2D eigenvalue weighted by Gasteiger charge is 2.35. The highest BCUT2D eigenvalue weighted by Crippen LogP contribution is 2.39. The van der Waals surface area contributed by atoms with Crippen LogP contribution in [0.15, 0.2) is 35.9 Å². The van der Waals surface area contributed by atoms with Crippen LogP contribution < -0.4 is 10.2 Å². The fourth-order valence-corrected chi connectivity index (χ4v) is 6.96. The van der Waals surface area contributed by atoms with Crippen molar-refractivity contribution in [3.63, 3.8) is 0 Å². The molecule has 2 amide bonds. The Kier molecular flexibility index (Phi) is 7.43. The van der Waals surface area contributed by atoms with Gasteiger partial charge < -0.3 is 14.4 Å². The molecule has 3 aromatic rings. The monoisotopic (exact) mass is 577 g/mol. The highest BCUT2D eigenvalue weighted by atomic mass is 32.1. The first-order valence-electron chi connectivity index (χ1n) is 12.9. The van der Waals surface area contributed by atoms with E-state index in [0.717, 1.165) is 52.5 Å². The molecule has 11 heteroatoms. The summed E-state index contributed by atoms with van der Waals surface area (Å²) in [7, 11) is 0.